The van der Waals surface area contributed by atoms with Gasteiger partial charge in [0, 0.05) is 17.1 Å². The Bertz CT molecular complexity index is 578. The Morgan fingerprint density at radius 1 is 1.30 bits per heavy atom. The molecule has 0 saturated heterocycles. The fourth-order valence-corrected chi connectivity index (χ4v) is 2.09. The third-order valence-electron chi connectivity index (χ3n) is 3.24. The molecule has 6 N–H and O–H groups in total. The summed E-state index contributed by atoms with van der Waals surface area (Å²) >= 11 is 0. The van der Waals surface area contributed by atoms with Gasteiger partial charge in [0.25, 0.3) is 0 Å². The quantitative estimate of drug-likeness (QED) is 0.490. The molecule has 1 amide bonds. The van der Waals surface area contributed by atoms with Gasteiger partial charge in [0.05, 0.1) is 25.3 Å². The van der Waals surface area contributed by atoms with Crippen molar-refractivity contribution in [1.82, 2.24) is 10.3 Å². The summed E-state index contributed by atoms with van der Waals surface area (Å²) in [7, 11) is 0. The predicted octanol–water partition coefficient (Wildman–Crippen LogP) is -0.493. The van der Waals surface area contributed by atoms with E-state index < -0.39 is 12.1 Å². The van der Waals surface area contributed by atoms with E-state index in [-0.39, 0.29) is 19.1 Å². The minimum atomic E-state index is -0.727. The Labute approximate surface area is 116 Å². The number of rotatable bonds is 6. The molecule has 20 heavy (non-hydrogen) atoms. The second-order valence-corrected chi connectivity index (χ2v) is 4.74. The maximum atomic E-state index is 11.9. The molecule has 0 aliphatic heterocycles. The number of amides is 1. The zero-order valence-electron chi connectivity index (χ0n) is 11.0. The number of nitrogens with one attached hydrogen (secondary N) is 2. The van der Waals surface area contributed by atoms with Crippen LogP contribution in [0.4, 0.5) is 0 Å². The second kappa shape index (κ2) is 6.51. The van der Waals surface area contributed by atoms with Crippen LogP contribution in [0.1, 0.15) is 5.56 Å². The standard InChI is InChI=1S/C14H19N3O3/c15-12(14(20)17-10(7-18)8-19)5-9-6-16-13-4-2-1-3-11(9)13/h1-4,6,10,12,16,18-19H,5,7-8,15H2,(H,17,20)/t12-/m0/s1. The lowest BCUT2D eigenvalue weighted by Gasteiger charge is -2.17. The monoisotopic (exact) mass is 277 g/mol. The topological polar surface area (TPSA) is 111 Å². The summed E-state index contributed by atoms with van der Waals surface area (Å²) in [6, 6.07) is 6.39. The summed E-state index contributed by atoms with van der Waals surface area (Å²) in [5.74, 6) is -0.386. The Kier molecular flexibility index (Phi) is 4.73. The molecule has 1 atom stereocenters. The summed E-state index contributed by atoms with van der Waals surface area (Å²) < 4.78 is 0. The molecule has 1 aromatic carbocycles. The van der Waals surface area contributed by atoms with E-state index >= 15 is 0 Å². The summed E-state index contributed by atoms with van der Waals surface area (Å²) in [5.41, 5.74) is 7.83. The normalized spacial score (nSPS) is 12.8. The van der Waals surface area contributed by atoms with Crippen molar-refractivity contribution in [3.63, 3.8) is 0 Å². The van der Waals surface area contributed by atoms with Crippen molar-refractivity contribution in [3.05, 3.63) is 36.0 Å². The van der Waals surface area contributed by atoms with Crippen LogP contribution in [0.25, 0.3) is 10.9 Å². The number of hydrogen-bond acceptors (Lipinski definition) is 4. The molecule has 1 heterocycles. The SMILES string of the molecule is N[C@@H](Cc1c[nH]c2ccccc12)C(=O)NC(CO)CO. The molecule has 0 bridgehead atoms. The van der Waals surface area contributed by atoms with Crippen LogP contribution >= 0.6 is 0 Å². The van der Waals surface area contributed by atoms with Gasteiger partial charge < -0.3 is 26.2 Å². The van der Waals surface area contributed by atoms with Gasteiger partial charge in [0.15, 0.2) is 0 Å². The molecule has 0 unspecified atom stereocenters. The zero-order chi connectivity index (χ0) is 14.5. The number of carbonyl (C=O) groups is 1. The number of aromatic amines is 1. The van der Waals surface area contributed by atoms with Crippen LogP contribution in [-0.2, 0) is 11.2 Å². The summed E-state index contributed by atoms with van der Waals surface area (Å²) in [5, 5.41) is 21.4. The number of aromatic nitrogens is 1. The molecule has 0 radical (unpaired) electrons. The van der Waals surface area contributed by atoms with Crippen molar-refractivity contribution in [2.75, 3.05) is 13.2 Å². The van der Waals surface area contributed by atoms with E-state index in [4.69, 9.17) is 15.9 Å². The van der Waals surface area contributed by atoms with E-state index in [2.05, 4.69) is 10.3 Å². The molecule has 0 spiro atoms. The summed E-state index contributed by atoms with van der Waals surface area (Å²) in [6.07, 6.45) is 2.23. The van der Waals surface area contributed by atoms with E-state index in [9.17, 15) is 4.79 Å². The van der Waals surface area contributed by atoms with Gasteiger partial charge in [-0.1, -0.05) is 18.2 Å². The van der Waals surface area contributed by atoms with Gasteiger partial charge in [0.1, 0.15) is 0 Å². The minimum absolute atomic E-state index is 0.317. The van der Waals surface area contributed by atoms with Gasteiger partial charge >= 0.3 is 0 Å². The third kappa shape index (κ3) is 3.16. The lowest BCUT2D eigenvalue weighted by Crippen LogP contribution is -2.48. The van der Waals surface area contributed by atoms with E-state index in [1.54, 1.807) is 0 Å². The van der Waals surface area contributed by atoms with Crippen LogP contribution in [0.5, 0.6) is 0 Å². The number of para-hydroxylation sites is 1. The number of aliphatic hydroxyl groups is 2. The third-order valence-corrected chi connectivity index (χ3v) is 3.24. The number of aliphatic hydroxyl groups excluding tert-OH is 2. The average Bonchev–Trinajstić information content (AvgIpc) is 2.87. The highest BCUT2D eigenvalue weighted by molar-refractivity contribution is 5.86. The molecule has 0 aliphatic carbocycles. The van der Waals surface area contributed by atoms with E-state index in [0.717, 1.165) is 16.5 Å². The number of fused-ring (bicyclic) bond motifs is 1. The van der Waals surface area contributed by atoms with E-state index in [1.165, 1.54) is 0 Å². The highest BCUT2D eigenvalue weighted by Gasteiger charge is 2.18. The van der Waals surface area contributed by atoms with Crippen molar-refractivity contribution in [1.29, 1.82) is 0 Å². The summed E-state index contributed by atoms with van der Waals surface area (Å²) in [6.45, 7) is -0.635. The number of H-pyrrole nitrogens is 1. The lowest BCUT2D eigenvalue weighted by molar-refractivity contribution is -0.123. The molecular formula is C14H19N3O3. The number of hydrogen-bond donors (Lipinski definition) is 5. The molecule has 0 saturated carbocycles. The molecule has 6 nitrogen and oxygen atoms in total. The van der Waals surface area contributed by atoms with Crippen LogP contribution in [0.2, 0.25) is 0 Å². The van der Waals surface area contributed by atoms with Crippen LogP contribution in [-0.4, -0.2) is 46.4 Å². The van der Waals surface area contributed by atoms with Crippen molar-refractivity contribution in [3.8, 4) is 0 Å². The van der Waals surface area contributed by atoms with Gasteiger partial charge in [-0.05, 0) is 18.1 Å². The molecule has 0 aliphatic rings. The van der Waals surface area contributed by atoms with Gasteiger partial charge in [-0.25, -0.2) is 0 Å². The maximum absolute atomic E-state index is 11.9. The molecule has 1 aromatic heterocycles. The molecule has 6 heteroatoms. The largest absolute Gasteiger partial charge is 0.394 e. The van der Waals surface area contributed by atoms with E-state index in [0.29, 0.717) is 6.42 Å². The zero-order valence-corrected chi connectivity index (χ0v) is 11.0. The van der Waals surface area contributed by atoms with Crippen molar-refractivity contribution < 1.29 is 15.0 Å². The number of nitrogens with two attached hydrogens (primary N) is 1. The van der Waals surface area contributed by atoms with Gasteiger partial charge in [0.2, 0.25) is 5.91 Å². The van der Waals surface area contributed by atoms with Crippen LogP contribution in [0.3, 0.4) is 0 Å². The van der Waals surface area contributed by atoms with Crippen LogP contribution in [0.15, 0.2) is 30.5 Å². The number of carbonyl (C=O) groups excluding carboxylic acids is 1. The first-order chi connectivity index (χ1) is 9.65. The predicted molar refractivity (Wildman–Crippen MR) is 76.1 cm³/mol. The van der Waals surface area contributed by atoms with Gasteiger partial charge in [-0.2, -0.15) is 0 Å². The van der Waals surface area contributed by atoms with Crippen molar-refractivity contribution >= 4 is 16.8 Å². The van der Waals surface area contributed by atoms with Gasteiger partial charge in [-0.15, -0.1) is 0 Å². The summed E-state index contributed by atoms with van der Waals surface area (Å²) in [4.78, 5) is 15.0. The highest BCUT2D eigenvalue weighted by Crippen LogP contribution is 2.18. The van der Waals surface area contributed by atoms with Crippen LogP contribution < -0.4 is 11.1 Å². The van der Waals surface area contributed by atoms with Gasteiger partial charge in [-0.3, -0.25) is 4.79 Å². The number of benzene rings is 1. The molecular weight excluding hydrogens is 258 g/mol. The highest BCUT2D eigenvalue weighted by atomic mass is 16.3. The average molecular weight is 277 g/mol. The van der Waals surface area contributed by atoms with Crippen LogP contribution in [0, 0.1) is 0 Å². The maximum Gasteiger partial charge on any atom is 0.237 e. The fourth-order valence-electron chi connectivity index (χ4n) is 2.09. The Morgan fingerprint density at radius 3 is 2.70 bits per heavy atom. The minimum Gasteiger partial charge on any atom is -0.394 e. The molecule has 2 aromatic rings. The first-order valence-corrected chi connectivity index (χ1v) is 6.48. The second-order valence-electron chi connectivity index (χ2n) is 4.74. The Hall–Kier alpha value is -1.89. The van der Waals surface area contributed by atoms with E-state index in [1.807, 2.05) is 30.5 Å². The fraction of sp³-hybridized carbons (Fsp3) is 0.357. The molecule has 108 valence electrons. The Morgan fingerprint density at radius 2 is 2.00 bits per heavy atom. The first kappa shape index (κ1) is 14.5. The first-order valence-electron chi connectivity index (χ1n) is 6.48. The van der Waals surface area contributed by atoms with Crippen molar-refractivity contribution in [2.45, 2.75) is 18.5 Å². The smallest absolute Gasteiger partial charge is 0.237 e. The van der Waals surface area contributed by atoms with Crippen molar-refractivity contribution in [2.24, 2.45) is 5.73 Å². The lowest BCUT2D eigenvalue weighted by atomic mass is 10.0. The molecule has 2 rings (SSSR count). The molecule has 0 fully saturated rings. The Balaban J connectivity index is 2.04.